The minimum absolute atomic E-state index is 0.0572. The molecule has 0 saturated carbocycles. The Labute approximate surface area is 141 Å². The van der Waals surface area contributed by atoms with Crippen LogP contribution in [-0.4, -0.2) is 41.4 Å². The average Bonchev–Trinajstić information content (AvgIpc) is 2.61. The number of aliphatic hydroxyl groups excluding tert-OH is 1. The molecule has 1 aromatic rings. The highest BCUT2D eigenvalue weighted by Gasteiger charge is 2.56. The van der Waals surface area contributed by atoms with E-state index >= 15 is 0 Å². The van der Waals surface area contributed by atoms with Gasteiger partial charge in [-0.1, -0.05) is 37.3 Å². The number of Topliss-reactive ketones (excluding diaryl/α,β-unsaturated/α-hetero) is 1. The first kappa shape index (κ1) is 16.4. The first-order chi connectivity index (χ1) is 11.6. The van der Waals surface area contributed by atoms with Gasteiger partial charge in [-0.2, -0.15) is 5.26 Å². The zero-order valence-corrected chi connectivity index (χ0v) is 13.6. The second-order valence-electron chi connectivity index (χ2n) is 6.47. The SMILES string of the molecule is C[C@@H]1C(=O)C(C#N)=C[C@]2(c3ccccc3)C(=O)N(CCO)CC[C@@H]12. The third-order valence-electron chi connectivity index (χ3n) is 5.33. The number of benzene rings is 1. The van der Waals surface area contributed by atoms with E-state index in [4.69, 9.17) is 0 Å². The number of fused-ring (bicyclic) bond motifs is 1. The lowest BCUT2D eigenvalue weighted by atomic mass is 9.57. The number of piperidine rings is 1. The molecule has 3 rings (SSSR count). The van der Waals surface area contributed by atoms with E-state index in [1.165, 1.54) is 0 Å². The van der Waals surface area contributed by atoms with E-state index in [-0.39, 0.29) is 42.3 Å². The second-order valence-corrected chi connectivity index (χ2v) is 6.47. The van der Waals surface area contributed by atoms with Crippen molar-refractivity contribution in [1.29, 1.82) is 5.26 Å². The molecule has 1 aromatic carbocycles. The summed E-state index contributed by atoms with van der Waals surface area (Å²) in [7, 11) is 0. The van der Waals surface area contributed by atoms with Crippen LogP contribution in [0.25, 0.3) is 0 Å². The topological polar surface area (TPSA) is 81.4 Å². The minimum Gasteiger partial charge on any atom is -0.395 e. The Hall–Kier alpha value is -2.45. The third-order valence-corrected chi connectivity index (χ3v) is 5.33. The molecule has 1 aliphatic heterocycles. The summed E-state index contributed by atoms with van der Waals surface area (Å²) in [5.74, 6) is -0.874. The highest BCUT2D eigenvalue weighted by Crippen LogP contribution is 2.48. The average molecular weight is 324 g/mol. The van der Waals surface area contributed by atoms with Crippen LogP contribution in [0.3, 0.4) is 0 Å². The Balaban J connectivity index is 2.24. The molecule has 0 spiro atoms. The van der Waals surface area contributed by atoms with Crippen LogP contribution in [0.5, 0.6) is 0 Å². The fourth-order valence-electron chi connectivity index (χ4n) is 4.14. The predicted molar refractivity (Wildman–Crippen MR) is 87.8 cm³/mol. The van der Waals surface area contributed by atoms with Crippen molar-refractivity contribution in [3.8, 4) is 6.07 Å². The predicted octanol–water partition coefficient (Wildman–Crippen LogP) is 1.43. The number of β-amino-alcohol motifs (C(OH)–C–C–N with tert-alkyl or cyclic N) is 1. The Kier molecular flexibility index (Phi) is 4.25. The lowest BCUT2D eigenvalue weighted by molar-refractivity contribution is -0.145. The number of aliphatic hydroxyl groups is 1. The molecule has 1 heterocycles. The van der Waals surface area contributed by atoms with Crippen molar-refractivity contribution in [2.24, 2.45) is 11.8 Å². The Morgan fingerprint density at radius 1 is 1.33 bits per heavy atom. The molecule has 3 atom stereocenters. The quantitative estimate of drug-likeness (QED) is 0.912. The molecule has 2 aliphatic rings. The number of allylic oxidation sites excluding steroid dienone is 1. The largest absolute Gasteiger partial charge is 0.395 e. The van der Waals surface area contributed by atoms with Gasteiger partial charge in [0.05, 0.1) is 17.6 Å². The molecule has 0 aromatic heterocycles. The smallest absolute Gasteiger partial charge is 0.237 e. The normalized spacial score (nSPS) is 29.7. The van der Waals surface area contributed by atoms with Gasteiger partial charge < -0.3 is 10.0 Å². The molecule has 1 aliphatic carbocycles. The maximum atomic E-state index is 13.3. The molecule has 1 saturated heterocycles. The molecule has 24 heavy (non-hydrogen) atoms. The van der Waals surface area contributed by atoms with Crippen molar-refractivity contribution in [2.45, 2.75) is 18.8 Å². The Bertz CT molecular complexity index is 735. The van der Waals surface area contributed by atoms with E-state index in [0.717, 1.165) is 5.56 Å². The van der Waals surface area contributed by atoms with Crippen molar-refractivity contribution in [3.05, 3.63) is 47.5 Å². The van der Waals surface area contributed by atoms with Gasteiger partial charge in [0.2, 0.25) is 5.91 Å². The highest BCUT2D eigenvalue weighted by molar-refractivity contribution is 6.06. The maximum absolute atomic E-state index is 13.3. The summed E-state index contributed by atoms with van der Waals surface area (Å²) in [4.78, 5) is 27.4. The van der Waals surface area contributed by atoms with Crippen LogP contribution in [0.15, 0.2) is 42.0 Å². The van der Waals surface area contributed by atoms with Gasteiger partial charge in [-0.05, 0) is 24.0 Å². The number of carbonyl (C=O) groups excluding carboxylic acids is 2. The molecule has 5 heteroatoms. The van der Waals surface area contributed by atoms with E-state index in [1.807, 2.05) is 43.3 Å². The number of hydrogen-bond donors (Lipinski definition) is 1. The Morgan fingerprint density at radius 3 is 2.67 bits per heavy atom. The summed E-state index contributed by atoms with van der Waals surface area (Å²) < 4.78 is 0. The standard InChI is InChI=1S/C19H20N2O3/c1-13-16-7-8-21(9-10-22)18(24)19(16,11-14(12-20)17(13)23)15-5-3-2-4-6-15/h2-6,11,13,16,22H,7-10H2,1H3/t13-,16-,19+/m0/s1. The van der Waals surface area contributed by atoms with Gasteiger partial charge in [0.25, 0.3) is 0 Å². The maximum Gasteiger partial charge on any atom is 0.237 e. The lowest BCUT2D eigenvalue weighted by Crippen LogP contribution is -2.60. The monoisotopic (exact) mass is 324 g/mol. The third kappa shape index (κ3) is 2.26. The van der Waals surface area contributed by atoms with Crippen molar-refractivity contribution < 1.29 is 14.7 Å². The highest BCUT2D eigenvalue weighted by atomic mass is 16.3. The summed E-state index contributed by atoms with van der Waals surface area (Å²) in [5, 5.41) is 18.6. The molecular weight excluding hydrogens is 304 g/mol. The van der Waals surface area contributed by atoms with Crippen LogP contribution in [0.1, 0.15) is 18.9 Å². The molecule has 1 N–H and O–H groups in total. The number of likely N-dealkylation sites (tertiary alicyclic amines) is 1. The molecule has 0 unspecified atom stereocenters. The molecule has 1 fully saturated rings. The molecule has 1 amide bonds. The van der Waals surface area contributed by atoms with Crippen LogP contribution in [0, 0.1) is 23.2 Å². The van der Waals surface area contributed by atoms with E-state index in [1.54, 1.807) is 11.0 Å². The number of nitriles is 1. The molecule has 0 radical (unpaired) electrons. The number of rotatable bonds is 3. The van der Waals surface area contributed by atoms with Gasteiger partial charge in [0.15, 0.2) is 5.78 Å². The molecule has 0 bridgehead atoms. The first-order valence-corrected chi connectivity index (χ1v) is 8.19. The van der Waals surface area contributed by atoms with Crippen molar-refractivity contribution in [3.63, 3.8) is 0 Å². The summed E-state index contributed by atoms with van der Waals surface area (Å²) in [6.45, 7) is 2.48. The number of nitrogens with zero attached hydrogens (tertiary/aromatic N) is 2. The summed E-state index contributed by atoms with van der Waals surface area (Å²) in [6.07, 6.45) is 2.24. The minimum atomic E-state index is -1.01. The number of hydrogen-bond acceptors (Lipinski definition) is 4. The summed E-state index contributed by atoms with van der Waals surface area (Å²) in [5.41, 5.74) is -0.149. The van der Waals surface area contributed by atoms with Gasteiger partial charge in [-0.25, -0.2) is 0 Å². The van der Waals surface area contributed by atoms with Gasteiger partial charge >= 0.3 is 0 Å². The van der Waals surface area contributed by atoms with Crippen molar-refractivity contribution in [2.75, 3.05) is 19.7 Å². The van der Waals surface area contributed by atoms with Gasteiger partial charge in [0.1, 0.15) is 6.07 Å². The van der Waals surface area contributed by atoms with Crippen molar-refractivity contribution >= 4 is 11.7 Å². The Morgan fingerprint density at radius 2 is 2.04 bits per heavy atom. The molecular formula is C19H20N2O3. The lowest BCUT2D eigenvalue weighted by Gasteiger charge is -2.49. The molecule has 5 nitrogen and oxygen atoms in total. The summed E-state index contributed by atoms with van der Waals surface area (Å²) >= 11 is 0. The van der Waals surface area contributed by atoms with Crippen LogP contribution in [0.2, 0.25) is 0 Å². The van der Waals surface area contributed by atoms with Gasteiger partial charge in [-0.15, -0.1) is 0 Å². The van der Waals surface area contributed by atoms with E-state index in [9.17, 15) is 20.0 Å². The molecule has 124 valence electrons. The fraction of sp³-hybridized carbons (Fsp3) is 0.421. The van der Waals surface area contributed by atoms with Crippen LogP contribution < -0.4 is 0 Å². The number of amides is 1. The zero-order chi connectivity index (χ0) is 17.3. The van der Waals surface area contributed by atoms with E-state index < -0.39 is 5.41 Å². The first-order valence-electron chi connectivity index (χ1n) is 8.19. The fourth-order valence-corrected chi connectivity index (χ4v) is 4.14. The second kappa shape index (κ2) is 6.21. The van der Waals surface area contributed by atoms with Crippen LogP contribution in [0.4, 0.5) is 0 Å². The number of carbonyl (C=O) groups is 2. The summed E-state index contributed by atoms with van der Waals surface area (Å²) in [6, 6.07) is 11.3. The van der Waals surface area contributed by atoms with Crippen molar-refractivity contribution in [1.82, 2.24) is 4.90 Å². The van der Waals surface area contributed by atoms with E-state index in [2.05, 4.69) is 0 Å². The zero-order valence-electron chi connectivity index (χ0n) is 13.6. The van der Waals surface area contributed by atoms with Crippen LogP contribution in [-0.2, 0) is 15.0 Å². The van der Waals surface area contributed by atoms with Gasteiger partial charge in [0, 0.05) is 19.0 Å². The van der Waals surface area contributed by atoms with E-state index in [0.29, 0.717) is 13.0 Å². The number of ketones is 1. The van der Waals surface area contributed by atoms with Crippen LogP contribution >= 0.6 is 0 Å². The van der Waals surface area contributed by atoms with Gasteiger partial charge in [-0.3, -0.25) is 9.59 Å².